The number of benzene rings is 2. The number of fused-ring (bicyclic) bond motifs is 1. The molecule has 0 radical (unpaired) electrons. The van der Waals surface area contributed by atoms with Crippen LogP contribution in [-0.2, 0) is 0 Å². The molecule has 0 nitrogen and oxygen atoms in total. The molecule has 0 unspecified atom stereocenters. The Morgan fingerprint density at radius 3 is 2.33 bits per heavy atom. The highest BCUT2D eigenvalue weighted by atomic mass is 19.2. The SMILES string of the molecule is CCC1CCC(c2cc(F)c3c(F)c(F)ccc3c2)CC1. The zero-order valence-corrected chi connectivity index (χ0v) is 12.1. The molecule has 3 rings (SSSR count). The van der Waals surface area contributed by atoms with Gasteiger partial charge in [0.05, 0.1) is 5.39 Å². The quantitative estimate of drug-likeness (QED) is 0.642. The minimum absolute atomic E-state index is 0.235. The van der Waals surface area contributed by atoms with Gasteiger partial charge in [-0.05, 0) is 60.6 Å². The van der Waals surface area contributed by atoms with Gasteiger partial charge in [0.25, 0.3) is 0 Å². The highest BCUT2D eigenvalue weighted by Gasteiger charge is 2.23. The van der Waals surface area contributed by atoms with Gasteiger partial charge in [-0.15, -0.1) is 0 Å². The molecule has 21 heavy (non-hydrogen) atoms. The predicted octanol–water partition coefficient (Wildman–Crippen LogP) is 5.94. The van der Waals surface area contributed by atoms with Gasteiger partial charge in [-0.3, -0.25) is 0 Å². The van der Waals surface area contributed by atoms with Crippen LogP contribution in [-0.4, -0.2) is 0 Å². The zero-order valence-electron chi connectivity index (χ0n) is 12.1. The van der Waals surface area contributed by atoms with Crippen LogP contribution >= 0.6 is 0 Å². The lowest BCUT2D eigenvalue weighted by Gasteiger charge is -2.28. The summed E-state index contributed by atoms with van der Waals surface area (Å²) in [4.78, 5) is 0. The van der Waals surface area contributed by atoms with Crippen molar-refractivity contribution in [2.75, 3.05) is 0 Å². The predicted molar refractivity (Wildman–Crippen MR) is 78.8 cm³/mol. The molecule has 0 amide bonds. The molecule has 0 bridgehead atoms. The van der Waals surface area contributed by atoms with E-state index in [4.69, 9.17) is 0 Å². The molecule has 0 heterocycles. The van der Waals surface area contributed by atoms with Gasteiger partial charge in [-0.1, -0.05) is 25.5 Å². The second kappa shape index (κ2) is 5.70. The minimum Gasteiger partial charge on any atom is -0.206 e. The molecule has 0 saturated heterocycles. The van der Waals surface area contributed by atoms with Crippen molar-refractivity contribution < 1.29 is 13.2 Å². The number of halogens is 3. The molecule has 0 aromatic heterocycles. The fourth-order valence-corrected chi connectivity index (χ4v) is 3.51. The maximum Gasteiger partial charge on any atom is 0.169 e. The summed E-state index contributed by atoms with van der Waals surface area (Å²) in [5.41, 5.74) is 0.917. The summed E-state index contributed by atoms with van der Waals surface area (Å²) in [5, 5.41) is 0.211. The fraction of sp³-hybridized carbons (Fsp3) is 0.444. The topological polar surface area (TPSA) is 0 Å². The number of hydrogen-bond donors (Lipinski definition) is 0. The third-order valence-corrected chi connectivity index (χ3v) is 4.88. The Labute approximate surface area is 123 Å². The molecule has 1 aliphatic carbocycles. The summed E-state index contributed by atoms with van der Waals surface area (Å²) in [7, 11) is 0. The summed E-state index contributed by atoms with van der Waals surface area (Å²) >= 11 is 0. The highest BCUT2D eigenvalue weighted by Crippen LogP contribution is 2.38. The van der Waals surface area contributed by atoms with Crippen molar-refractivity contribution in [3.05, 3.63) is 47.3 Å². The molecule has 1 saturated carbocycles. The van der Waals surface area contributed by atoms with Crippen molar-refractivity contribution in [2.45, 2.75) is 44.9 Å². The first kappa shape index (κ1) is 14.4. The van der Waals surface area contributed by atoms with Gasteiger partial charge in [0.15, 0.2) is 11.6 Å². The highest BCUT2D eigenvalue weighted by molar-refractivity contribution is 5.84. The Balaban J connectivity index is 1.96. The van der Waals surface area contributed by atoms with Crippen LogP contribution < -0.4 is 0 Å². The Morgan fingerprint density at radius 2 is 1.67 bits per heavy atom. The Bertz CT molecular complexity index is 655. The van der Waals surface area contributed by atoms with Crippen molar-refractivity contribution in [2.24, 2.45) is 5.92 Å². The fourth-order valence-electron chi connectivity index (χ4n) is 3.51. The van der Waals surface area contributed by atoms with Crippen LogP contribution in [0.5, 0.6) is 0 Å². The van der Waals surface area contributed by atoms with Gasteiger partial charge in [-0.25, -0.2) is 13.2 Å². The average Bonchev–Trinajstić information content (AvgIpc) is 2.50. The maximum atomic E-state index is 14.2. The van der Waals surface area contributed by atoms with Gasteiger partial charge in [0.2, 0.25) is 0 Å². The van der Waals surface area contributed by atoms with Crippen LogP contribution in [0.25, 0.3) is 10.8 Å². The molecule has 112 valence electrons. The number of hydrogen-bond acceptors (Lipinski definition) is 0. The van der Waals surface area contributed by atoms with E-state index < -0.39 is 17.5 Å². The summed E-state index contributed by atoms with van der Waals surface area (Å²) in [6.07, 6.45) is 5.63. The van der Waals surface area contributed by atoms with Crippen LogP contribution in [0.4, 0.5) is 13.2 Å². The Morgan fingerprint density at radius 1 is 0.952 bits per heavy atom. The van der Waals surface area contributed by atoms with E-state index >= 15 is 0 Å². The summed E-state index contributed by atoms with van der Waals surface area (Å²) < 4.78 is 41.1. The van der Waals surface area contributed by atoms with Crippen LogP contribution in [0.3, 0.4) is 0 Å². The van der Waals surface area contributed by atoms with Gasteiger partial charge in [0.1, 0.15) is 5.82 Å². The molecule has 1 fully saturated rings. The van der Waals surface area contributed by atoms with Crippen LogP contribution in [0.2, 0.25) is 0 Å². The van der Waals surface area contributed by atoms with E-state index in [0.29, 0.717) is 11.3 Å². The van der Waals surface area contributed by atoms with E-state index in [2.05, 4.69) is 6.92 Å². The van der Waals surface area contributed by atoms with E-state index in [1.807, 2.05) is 6.07 Å². The Hall–Kier alpha value is -1.51. The molecular weight excluding hydrogens is 273 g/mol. The Kier molecular flexibility index (Phi) is 3.92. The van der Waals surface area contributed by atoms with Crippen molar-refractivity contribution in [1.82, 2.24) is 0 Å². The third-order valence-electron chi connectivity index (χ3n) is 4.88. The first-order valence-corrected chi connectivity index (χ1v) is 7.67. The van der Waals surface area contributed by atoms with Crippen LogP contribution in [0.15, 0.2) is 24.3 Å². The first-order chi connectivity index (χ1) is 10.1. The molecule has 0 atom stereocenters. The van der Waals surface area contributed by atoms with Crippen molar-refractivity contribution >= 4 is 10.8 Å². The van der Waals surface area contributed by atoms with E-state index in [9.17, 15) is 13.2 Å². The molecule has 0 N–H and O–H groups in total. The average molecular weight is 292 g/mol. The van der Waals surface area contributed by atoms with Crippen LogP contribution in [0, 0.1) is 23.4 Å². The van der Waals surface area contributed by atoms with Gasteiger partial charge < -0.3 is 0 Å². The molecule has 2 aromatic carbocycles. The first-order valence-electron chi connectivity index (χ1n) is 7.67. The smallest absolute Gasteiger partial charge is 0.169 e. The third kappa shape index (κ3) is 2.66. The maximum absolute atomic E-state index is 14.2. The monoisotopic (exact) mass is 292 g/mol. The molecule has 1 aliphatic rings. The molecular formula is C18H19F3. The second-order valence-electron chi connectivity index (χ2n) is 6.09. The lowest BCUT2D eigenvalue weighted by molar-refractivity contribution is 0.318. The molecule has 0 aliphatic heterocycles. The van der Waals surface area contributed by atoms with E-state index in [1.165, 1.54) is 31.4 Å². The summed E-state index contributed by atoms with van der Waals surface area (Å²) in [6, 6.07) is 5.73. The summed E-state index contributed by atoms with van der Waals surface area (Å²) in [6.45, 7) is 2.21. The lowest BCUT2D eigenvalue weighted by Crippen LogP contribution is -2.12. The van der Waals surface area contributed by atoms with Gasteiger partial charge in [-0.2, -0.15) is 0 Å². The van der Waals surface area contributed by atoms with Crippen molar-refractivity contribution in [1.29, 1.82) is 0 Å². The minimum atomic E-state index is -1.09. The lowest BCUT2D eigenvalue weighted by atomic mass is 9.77. The zero-order chi connectivity index (χ0) is 15.0. The molecule has 3 heteroatoms. The summed E-state index contributed by atoms with van der Waals surface area (Å²) in [5.74, 6) is -1.64. The second-order valence-corrected chi connectivity index (χ2v) is 6.09. The standard InChI is InChI=1S/C18H19F3/c1-2-11-3-5-12(6-4-11)14-9-13-7-8-15(19)18(21)17(13)16(20)10-14/h7-12H,2-6H2,1H3. The normalized spacial score (nSPS) is 22.7. The van der Waals surface area contributed by atoms with Crippen molar-refractivity contribution in [3.63, 3.8) is 0 Å². The van der Waals surface area contributed by atoms with Crippen molar-refractivity contribution in [3.8, 4) is 0 Å². The van der Waals surface area contributed by atoms with Gasteiger partial charge in [0, 0.05) is 0 Å². The van der Waals surface area contributed by atoms with E-state index in [-0.39, 0.29) is 5.39 Å². The van der Waals surface area contributed by atoms with Crippen LogP contribution in [0.1, 0.15) is 50.5 Å². The number of rotatable bonds is 2. The largest absolute Gasteiger partial charge is 0.206 e. The van der Waals surface area contributed by atoms with Gasteiger partial charge >= 0.3 is 0 Å². The van der Waals surface area contributed by atoms with E-state index in [0.717, 1.165) is 30.4 Å². The van der Waals surface area contributed by atoms with E-state index in [1.54, 1.807) is 0 Å². The molecule has 2 aromatic rings. The molecule has 0 spiro atoms.